The third-order valence-electron chi connectivity index (χ3n) is 8.73. The van der Waals surface area contributed by atoms with Gasteiger partial charge in [-0.05, 0) is 108 Å². The summed E-state index contributed by atoms with van der Waals surface area (Å²) in [7, 11) is -2.15. The van der Waals surface area contributed by atoms with E-state index in [2.05, 4.69) is 26.0 Å². The van der Waals surface area contributed by atoms with Gasteiger partial charge in [0.1, 0.15) is 5.75 Å². The Balaban J connectivity index is 1.54. The molecule has 0 heterocycles. The van der Waals surface area contributed by atoms with Gasteiger partial charge in [-0.25, -0.2) is 8.42 Å². The van der Waals surface area contributed by atoms with Crippen LogP contribution in [0, 0.1) is 31.6 Å². The quantitative estimate of drug-likeness (QED) is 0.132. The number of benzene rings is 4. The Kier molecular flexibility index (Phi) is 11.9. The van der Waals surface area contributed by atoms with Crippen LogP contribution in [0.5, 0.6) is 5.75 Å². The van der Waals surface area contributed by atoms with E-state index in [1.165, 1.54) is 0 Å². The molecule has 4 aromatic rings. The number of methoxy groups -OCH3 is 1. The average molecular weight is 675 g/mol. The summed E-state index contributed by atoms with van der Waals surface area (Å²) in [6.45, 7) is 15.6. The Morgan fingerprint density at radius 3 is 1.73 bits per heavy atom. The minimum atomic E-state index is -3.76. The Bertz CT molecular complexity index is 1820. The van der Waals surface area contributed by atoms with E-state index in [1.807, 2.05) is 71.0 Å². The van der Waals surface area contributed by atoms with E-state index >= 15 is 0 Å². The maximum absolute atomic E-state index is 13.7. The van der Waals surface area contributed by atoms with Crippen LogP contribution in [0.25, 0.3) is 22.3 Å². The second-order valence-corrected chi connectivity index (χ2v) is 16.2. The Hall–Kier alpha value is -3.53. The van der Waals surface area contributed by atoms with Gasteiger partial charge in [0, 0.05) is 16.4 Å². The third kappa shape index (κ3) is 8.92. The van der Waals surface area contributed by atoms with Gasteiger partial charge in [-0.3, -0.25) is 0 Å². The van der Waals surface area contributed by atoms with Crippen molar-refractivity contribution in [2.24, 2.45) is 10.8 Å². The molecule has 0 bridgehead atoms. The van der Waals surface area contributed by atoms with Crippen LogP contribution in [0.15, 0.2) is 82.6 Å². The number of ether oxygens (including phenoxy) is 3. The molecule has 0 atom stereocenters. The van der Waals surface area contributed by atoms with Crippen molar-refractivity contribution in [3.8, 4) is 28.0 Å². The normalized spacial score (nSPS) is 12.4. The molecule has 0 unspecified atom stereocenters. The van der Waals surface area contributed by atoms with Crippen molar-refractivity contribution in [1.29, 1.82) is 0 Å². The molecule has 0 aromatic heterocycles. The van der Waals surface area contributed by atoms with Crippen LogP contribution in [0.3, 0.4) is 0 Å². The highest BCUT2D eigenvalue weighted by molar-refractivity contribution is 7.91. The van der Waals surface area contributed by atoms with E-state index in [1.54, 1.807) is 31.4 Å². The first-order valence-corrected chi connectivity index (χ1v) is 17.7. The molecule has 7 nitrogen and oxygen atoms in total. The molecular weight excluding hydrogens is 625 g/mol. The molecule has 0 aliphatic carbocycles. The highest BCUT2D eigenvalue weighted by Crippen LogP contribution is 2.33. The molecule has 2 N–H and O–H groups in total. The van der Waals surface area contributed by atoms with Gasteiger partial charge in [0.25, 0.3) is 0 Å². The van der Waals surface area contributed by atoms with Gasteiger partial charge >= 0.3 is 0 Å². The lowest BCUT2D eigenvalue weighted by atomic mass is 9.93. The summed E-state index contributed by atoms with van der Waals surface area (Å²) in [4.78, 5) is 0.461. The number of hydrogen-bond acceptors (Lipinski definition) is 7. The summed E-state index contributed by atoms with van der Waals surface area (Å²) in [6.07, 6.45) is 0. The number of aliphatic hydroxyl groups is 2. The molecule has 258 valence electrons. The lowest BCUT2D eigenvalue weighted by Gasteiger charge is -2.22. The molecule has 0 saturated heterocycles. The molecule has 0 saturated carbocycles. The molecule has 0 radical (unpaired) electrons. The van der Waals surface area contributed by atoms with E-state index in [-0.39, 0.29) is 33.8 Å². The highest BCUT2D eigenvalue weighted by atomic mass is 32.2. The fourth-order valence-electron chi connectivity index (χ4n) is 5.36. The minimum absolute atomic E-state index is 0.0262. The largest absolute Gasteiger partial charge is 0.496 e. The number of aliphatic hydroxyl groups excluding tert-OH is 2. The zero-order valence-electron chi connectivity index (χ0n) is 29.5. The molecule has 4 rings (SSSR count). The number of hydrogen-bond donors (Lipinski definition) is 2. The SMILES string of the molecule is COc1ccc(-c2ccc(S(=O)(=O)c3ccc(-c4cc(C)c(C)c(COCC(C)(C)CO)c4)c(C)c3)cc2)cc1COCC(C)(C)CO. The van der Waals surface area contributed by atoms with Crippen LogP contribution in [-0.2, 0) is 32.5 Å². The maximum Gasteiger partial charge on any atom is 0.206 e. The maximum atomic E-state index is 13.7. The van der Waals surface area contributed by atoms with Crippen LogP contribution in [-0.4, -0.2) is 52.2 Å². The topological polar surface area (TPSA) is 102 Å². The van der Waals surface area contributed by atoms with E-state index < -0.39 is 9.84 Å². The third-order valence-corrected chi connectivity index (χ3v) is 10.5. The molecule has 0 fully saturated rings. The summed E-state index contributed by atoms with van der Waals surface area (Å²) >= 11 is 0. The monoisotopic (exact) mass is 674 g/mol. The van der Waals surface area contributed by atoms with E-state index in [9.17, 15) is 18.6 Å². The predicted octanol–water partition coefficient (Wildman–Crippen LogP) is 7.86. The summed E-state index contributed by atoms with van der Waals surface area (Å²) in [5.74, 6) is 0.700. The molecule has 0 aliphatic rings. The molecule has 48 heavy (non-hydrogen) atoms. The Morgan fingerprint density at radius 1 is 0.625 bits per heavy atom. The second kappa shape index (κ2) is 15.3. The van der Waals surface area contributed by atoms with Gasteiger partial charge in [-0.2, -0.15) is 0 Å². The summed E-state index contributed by atoms with van der Waals surface area (Å²) in [6, 6.07) is 22.2. The van der Waals surface area contributed by atoms with Crippen LogP contribution in [0.2, 0.25) is 0 Å². The van der Waals surface area contributed by atoms with Crippen molar-refractivity contribution in [2.45, 2.75) is 71.5 Å². The average Bonchev–Trinajstić information content (AvgIpc) is 3.06. The second-order valence-electron chi connectivity index (χ2n) is 14.2. The van der Waals surface area contributed by atoms with Crippen LogP contribution in [0.4, 0.5) is 0 Å². The van der Waals surface area contributed by atoms with Gasteiger partial charge < -0.3 is 24.4 Å². The zero-order valence-corrected chi connectivity index (χ0v) is 30.3. The molecule has 8 heteroatoms. The van der Waals surface area contributed by atoms with Crippen LogP contribution in [0.1, 0.15) is 55.5 Å². The van der Waals surface area contributed by atoms with E-state index in [0.29, 0.717) is 32.2 Å². The van der Waals surface area contributed by atoms with Crippen molar-refractivity contribution in [3.05, 3.63) is 101 Å². The Morgan fingerprint density at radius 2 is 1.17 bits per heavy atom. The first-order valence-electron chi connectivity index (χ1n) is 16.2. The summed E-state index contributed by atoms with van der Waals surface area (Å²) in [5, 5.41) is 19.1. The number of rotatable bonds is 15. The van der Waals surface area contributed by atoms with Crippen LogP contribution >= 0.6 is 0 Å². The van der Waals surface area contributed by atoms with Gasteiger partial charge in [-0.1, -0.05) is 58.0 Å². The number of sulfone groups is 1. The lowest BCUT2D eigenvalue weighted by molar-refractivity contribution is 0.0191. The van der Waals surface area contributed by atoms with Gasteiger partial charge in [0.15, 0.2) is 0 Å². The van der Waals surface area contributed by atoms with Crippen molar-refractivity contribution in [2.75, 3.05) is 33.5 Å². The Labute approximate surface area is 286 Å². The van der Waals surface area contributed by atoms with Gasteiger partial charge in [0.05, 0.1) is 56.5 Å². The van der Waals surface area contributed by atoms with Gasteiger partial charge in [-0.15, -0.1) is 0 Å². The number of aryl methyl sites for hydroxylation is 2. The standard InChI is InChI=1S/C40H50O7S/c1-27-17-32(20-33(29(27)3)21-46-25-39(4,5)23-41)37-15-14-36(18-28(37)2)48(43,44)35-12-9-30(10-13-35)31-11-16-38(45-8)34(19-31)22-47-26-40(6,7)24-42/h9-20,41-42H,21-26H2,1-8H3. The van der Waals surface area contributed by atoms with Crippen molar-refractivity contribution < 1.29 is 32.8 Å². The predicted molar refractivity (Wildman–Crippen MR) is 191 cm³/mol. The molecular formula is C40H50O7S. The highest BCUT2D eigenvalue weighted by Gasteiger charge is 2.21. The molecule has 0 spiro atoms. The van der Waals surface area contributed by atoms with Crippen molar-refractivity contribution in [1.82, 2.24) is 0 Å². The van der Waals surface area contributed by atoms with Gasteiger partial charge in [0.2, 0.25) is 9.84 Å². The summed E-state index contributed by atoms with van der Waals surface area (Å²) < 4.78 is 44.9. The lowest BCUT2D eigenvalue weighted by Crippen LogP contribution is -2.23. The van der Waals surface area contributed by atoms with Crippen molar-refractivity contribution in [3.63, 3.8) is 0 Å². The first-order chi connectivity index (χ1) is 22.6. The fraction of sp³-hybridized carbons (Fsp3) is 0.400. The summed E-state index contributed by atoms with van der Waals surface area (Å²) in [5.41, 5.74) is 8.17. The molecule has 4 aromatic carbocycles. The van der Waals surface area contributed by atoms with Crippen molar-refractivity contribution >= 4 is 9.84 Å². The van der Waals surface area contributed by atoms with Crippen LogP contribution < -0.4 is 4.74 Å². The molecule has 0 aliphatic heterocycles. The zero-order chi connectivity index (χ0) is 35.3. The fourth-order valence-corrected chi connectivity index (χ4v) is 6.71. The molecule has 0 amide bonds. The minimum Gasteiger partial charge on any atom is -0.496 e. The van der Waals surface area contributed by atoms with E-state index in [0.717, 1.165) is 50.1 Å². The first kappa shape index (κ1) is 37.3. The van der Waals surface area contributed by atoms with E-state index in [4.69, 9.17) is 14.2 Å². The smallest absolute Gasteiger partial charge is 0.206 e.